The molecule has 0 amide bonds. The Kier molecular flexibility index (Phi) is 19.5. The second-order valence-electron chi connectivity index (χ2n) is 5.99. The standard InChI is InChI=1S/C18H30N4.C2H6.CH2O.CH4.H2/c1-19-11-16(12-20-2)14-22-13-15-3-5-17(6-4-15)18-7-9-21-10-8-18;2*1-2;;/h3-6,11,18-22H,7-10,12-14H2,1-2H3;1-2H3;1H2;1H4;1H/b16-11+;;;;. The molecule has 0 bridgehead atoms. The van der Waals surface area contributed by atoms with E-state index >= 15 is 0 Å². The summed E-state index contributed by atoms with van der Waals surface area (Å²) < 4.78 is 0. The molecule has 27 heavy (non-hydrogen) atoms. The van der Waals surface area contributed by atoms with E-state index < -0.39 is 0 Å². The molecule has 1 aromatic rings. The summed E-state index contributed by atoms with van der Waals surface area (Å²) in [7, 11) is 3.91. The van der Waals surface area contributed by atoms with Crippen LogP contribution in [-0.2, 0) is 11.3 Å². The van der Waals surface area contributed by atoms with E-state index in [2.05, 4.69) is 51.7 Å². The summed E-state index contributed by atoms with van der Waals surface area (Å²) in [4.78, 5) is 8.00. The van der Waals surface area contributed by atoms with Gasteiger partial charge in [-0.15, -0.1) is 0 Å². The number of hydrogen-bond acceptors (Lipinski definition) is 5. The van der Waals surface area contributed by atoms with Crippen LogP contribution in [0.5, 0.6) is 0 Å². The quantitative estimate of drug-likeness (QED) is 0.557. The van der Waals surface area contributed by atoms with E-state index in [0.29, 0.717) is 0 Å². The lowest BCUT2D eigenvalue weighted by Crippen LogP contribution is -2.26. The molecule has 158 valence electrons. The summed E-state index contributed by atoms with van der Waals surface area (Å²) in [6, 6.07) is 9.16. The summed E-state index contributed by atoms with van der Waals surface area (Å²) in [5, 5.41) is 13.2. The number of carbonyl (C=O) groups is 1. The molecule has 0 unspecified atom stereocenters. The predicted molar refractivity (Wildman–Crippen MR) is 121 cm³/mol. The van der Waals surface area contributed by atoms with Crippen LogP contribution in [0.25, 0.3) is 0 Å². The van der Waals surface area contributed by atoms with Gasteiger partial charge in [0.25, 0.3) is 0 Å². The molecule has 1 saturated heterocycles. The second kappa shape index (κ2) is 19.1. The zero-order valence-electron chi connectivity index (χ0n) is 17.0. The van der Waals surface area contributed by atoms with Crippen molar-refractivity contribution >= 4 is 6.79 Å². The molecule has 0 aromatic heterocycles. The Labute approximate surface area is 168 Å². The van der Waals surface area contributed by atoms with Crippen LogP contribution in [0, 0.1) is 0 Å². The topological polar surface area (TPSA) is 65.2 Å². The minimum absolute atomic E-state index is 0. The lowest BCUT2D eigenvalue weighted by molar-refractivity contribution is -0.0979. The lowest BCUT2D eigenvalue weighted by atomic mass is 9.90. The molecular formula is C22H44N4O. The van der Waals surface area contributed by atoms with E-state index in [1.807, 2.05) is 34.7 Å². The SMILES string of the molecule is C.C=O.CC.CN/C=C(\CNC)CNCc1ccc(C2CCNCC2)cc1.[HH]. The monoisotopic (exact) mass is 380 g/mol. The van der Waals surface area contributed by atoms with Crippen LogP contribution in [0.15, 0.2) is 36.0 Å². The van der Waals surface area contributed by atoms with E-state index in [4.69, 9.17) is 4.79 Å². The first-order valence-corrected chi connectivity index (χ1v) is 9.62. The molecule has 1 aliphatic heterocycles. The zero-order chi connectivity index (χ0) is 19.6. The van der Waals surface area contributed by atoms with Crippen molar-refractivity contribution < 1.29 is 6.22 Å². The molecule has 5 nitrogen and oxygen atoms in total. The molecule has 0 spiro atoms. The van der Waals surface area contributed by atoms with E-state index in [1.54, 1.807) is 0 Å². The highest BCUT2D eigenvalue weighted by Crippen LogP contribution is 2.25. The molecule has 0 atom stereocenters. The lowest BCUT2D eigenvalue weighted by Gasteiger charge is -2.23. The van der Waals surface area contributed by atoms with Crippen LogP contribution >= 0.6 is 0 Å². The van der Waals surface area contributed by atoms with Crippen molar-refractivity contribution in [1.82, 2.24) is 21.3 Å². The van der Waals surface area contributed by atoms with Crippen LogP contribution < -0.4 is 21.3 Å². The Bertz CT molecular complexity index is 474. The van der Waals surface area contributed by atoms with Crippen molar-refractivity contribution in [1.29, 1.82) is 0 Å². The zero-order valence-corrected chi connectivity index (χ0v) is 17.0. The molecule has 0 aliphatic carbocycles. The highest BCUT2D eigenvalue weighted by molar-refractivity contribution is 5.26. The minimum Gasteiger partial charge on any atom is -0.394 e. The third kappa shape index (κ3) is 11.6. The van der Waals surface area contributed by atoms with E-state index in [9.17, 15) is 0 Å². The number of nitrogens with one attached hydrogen (secondary N) is 4. The van der Waals surface area contributed by atoms with Crippen LogP contribution in [0.4, 0.5) is 0 Å². The summed E-state index contributed by atoms with van der Waals surface area (Å²) in [5.74, 6) is 0.740. The molecule has 1 fully saturated rings. The van der Waals surface area contributed by atoms with Crippen molar-refractivity contribution in [2.45, 2.75) is 46.6 Å². The normalized spacial score (nSPS) is 14.0. The van der Waals surface area contributed by atoms with E-state index in [-0.39, 0.29) is 8.85 Å². The maximum absolute atomic E-state index is 8.00. The minimum atomic E-state index is 0. The molecule has 1 aliphatic rings. The maximum atomic E-state index is 8.00. The Hall–Kier alpha value is -1.69. The number of rotatable bonds is 8. The van der Waals surface area contributed by atoms with E-state index in [0.717, 1.165) is 38.6 Å². The molecule has 0 saturated carbocycles. The van der Waals surface area contributed by atoms with Gasteiger partial charge in [-0.2, -0.15) is 0 Å². The van der Waals surface area contributed by atoms with Gasteiger partial charge in [0.05, 0.1) is 0 Å². The van der Waals surface area contributed by atoms with Gasteiger partial charge in [-0.3, -0.25) is 0 Å². The number of carbonyl (C=O) groups excluding carboxylic acids is 1. The molecular weight excluding hydrogens is 336 g/mol. The number of piperidine rings is 1. The first-order chi connectivity index (χ1) is 12.8. The fraction of sp³-hybridized carbons (Fsp3) is 0.591. The average Bonchev–Trinajstić information content (AvgIpc) is 2.72. The van der Waals surface area contributed by atoms with Gasteiger partial charge in [-0.05, 0) is 61.8 Å². The van der Waals surface area contributed by atoms with Crippen molar-refractivity contribution in [2.24, 2.45) is 0 Å². The summed E-state index contributed by atoms with van der Waals surface area (Å²) in [6.45, 7) is 11.0. The number of likely N-dealkylation sites (N-methyl/N-ethyl adjacent to an activating group) is 1. The first kappa shape index (κ1) is 27.5. The summed E-state index contributed by atoms with van der Waals surface area (Å²) in [6.07, 6.45) is 4.59. The molecule has 1 aromatic carbocycles. The van der Waals surface area contributed by atoms with Gasteiger partial charge in [-0.25, -0.2) is 0 Å². The molecule has 0 radical (unpaired) electrons. The van der Waals surface area contributed by atoms with Gasteiger partial charge < -0.3 is 26.1 Å². The Morgan fingerprint density at radius 3 is 2.26 bits per heavy atom. The largest absolute Gasteiger partial charge is 0.394 e. The fourth-order valence-electron chi connectivity index (χ4n) is 3.03. The Morgan fingerprint density at radius 1 is 1.15 bits per heavy atom. The molecule has 2 rings (SSSR count). The van der Waals surface area contributed by atoms with Crippen LogP contribution in [0.3, 0.4) is 0 Å². The van der Waals surface area contributed by atoms with Gasteiger partial charge in [0.15, 0.2) is 0 Å². The predicted octanol–water partition coefficient (Wildman–Crippen LogP) is 3.29. The fourth-order valence-corrected chi connectivity index (χ4v) is 3.03. The Balaban J connectivity index is -0.000000978. The third-order valence-electron chi connectivity index (χ3n) is 4.22. The molecule has 1 heterocycles. The summed E-state index contributed by atoms with van der Waals surface area (Å²) >= 11 is 0. The smallest absolute Gasteiger partial charge is 0.106 e. The van der Waals surface area contributed by atoms with Gasteiger partial charge >= 0.3 is 0 Å². The van der Waals surface area contributed by atoms with Crippen molar-refractivity contribution in [2.75, 3.05) is 40.3 Å². The summed E-state index contributed by atoms with van der Waals surface area (Å²) in [5.41, 5.74) is 4.18. The van der Waals surface area contributed by atoms with Gasteiger partial charge in [0.2, 0.25) is 0 Å². The van der Waals surface area contributed by atoms with Crippen LogP contribution in [0.1, 0.15) is 52.6 Å². The highest BCUT2D eigenvalue weighted by Gasteiger charge is 2.14. The van der Waals surface area contributed by atoms with Gasteiger partial charge in [-0.1, -0.05) is 45.5 Å². The second-order valence-corrected chi connectivity index (χ2v) is 5.99. The number of benzene rings is 1. The average molecular weight is 381 g/mol. The van der Waals surface area contributed by atoms with Crippen molar-refractivity contribution in [3.63, 3.8) is 0 Å². The molecule has 5 heteroatoms. The van der Waals surface area contributed by atoms with Gasteiger partial charge in [0.1, 0.15) is 6.79 Å². The van der Waals surface area contributed by atoms with Crippen molar-refractivity contribution in [3.8, 4) is 0 Å². The first-order valence-electron chi connectivity index (χ1n) is 9.62. The van der Waals surface area contributed by atoms with Gasteiger partial charge in [0, 0.05) is 28.1 Å². The van der Waals surface area contributed by atoms with Crippen LogP contribution in [0.2, 0.25) is 0 Å². The Morgan fingerprint density at radius 2 is 1.74 bits per heavy atom. The maximum Gasteiger partial charge on any atom is 0.106 e. The van der Waals surface area contributed by atoms with Crippen LogP contribution in [-0.4, -0.2) is 47.1 Å². The highest BCUT2D eigenvalue weighted by atomic mass is 16.1. The number of hydrogen-bond donors (Lipinski definition) is 4. The third-order valence-corrected chi connectivity index (χ3v) is 4.22. The molecule has 4 N–H and O–H groups in total. The van der Waals surface area contributed by atoms with E-state index in [1.165, 1.54) is 29.5 Å². The van der Waals surface area contributed by atoms with Crippen molar-refractivity contribution in [3.05, 3.63) is 47.2 Å².